The van der Waals surface area contributed by atoms with Crippen LogP contribution in [-0.4, -0.2) is 19.5 Å². The molecule has 0 aliphatic heterocycles. The summed E-state index contributed by atoms with van der Waals surface area (Å²) in [5, 5.41) is 6.61. The first-order valence-corrected chi connectivity index (χ1v) is 20.4. The van der Waals surface area contributed by atoms with Crippen LogP contribution in [0.1, 0.15) is 25.0 Å². The van der Waals surface area contributed by atoms with Gasteiger partial charge in [0.2, 0.25) is 5.95 Å². The highest BCUT2D eigenvalue weighted by Gasteiger charge is 2.37. The average Bonchev–Trinajstić information content (AvgIpc) is 4.02. The predicted octanol–water partition coefficient (Wildman–Crippen LogP) is 14.1. The highest BCUT2D eigenvalue weighted by molar-refractivity contribution is 6.18. The quantitative estimate of drug-likeness (QED) is 0.178. The number of fused-ring (bicyclic) bond motifs is 13. The van der Waals surface area contributed by atoms with Gasteiger partial charge in [0.15, 0.2) is 11.6 Å². The summed E-state index contributed by atoms with van der Waals surface area (Å²) >= 11 is 0. The minimum absolute atomic E-state index is 0.136. The maximum absolute atomic E-state index is 6.59. The Balaban J connectivity index is 1.07. The standard InChI is InChI=1S/C54H34N4O2/c1-54(2)40-19-9-6-16-37(40)49-41(54)27-28-43-50(49)38-17-7-10-20-42(38)58(43)53-56-51(32-23-25-36-35-15-8-11-21-44(35)59-46(36)29-32)55-52(57-53)33-24-26-39-47(30-33)60-45-22-12-18-34(48(39)45)31-13-4-3-5-14-31/h3-30H,1-2H3. The Bertz CT molecular complexity index is 3760. The van der Waals surface area contributed by atoms with Gasteiger partial charge in [-0.15, -0.1) is 0 Å². The van der Waals surface area contributed by atoms with Crippen LogP contribution in [0.5, 0.6) is 0 Å². The van der Waals surface area contributed by atoms with Crippen molar-refractivity contribution in [3.8, 4) is 51.0 Å². The molecule has 4 aromatic heterocycles. The van der Waals surface area contributed by atoms with E-state index >= 15 is 0 Å². The lowest BCUT2D eigenvalue weighted by atomic mass is 9.82. The van der Waals surface area contributed by atoms with Crippen molar-refractivity contribution in [3.63, 3.8) is 0 Å². The highest BCUT2D eigenvalue weighted by atomic mass is 16.3. The van der Waals surface area contributed by atoms with Gasteiger partial charge in [-0.3, -0.25) is 4.57 Å². The summed E-state index contributed by atoms with van der Waals surface area (Å²) in [5.41, 5.74) is 14.3. The Morgan fingerprint density at radius 2 is 1.05 bits per heavy atom. The van der Waals surface area contributed by atoms with E-state index in [2.05, 4.69) is 152 Å². The normalized spacial score (nSPS) is 13.3. The molecule has 6 nitrogen and oxygen atoms in total. The first-order chi connectivity index (χ1) is 29.5. The third-order valence-electron chi connectivity index (χ3n) is 12.7. The number of nitrogens with zero attached hydrogens (tertiary/aromatic N) is 4. The maximum Gasteiger partial charge on any atom is 0.238 e. The van der Waals surface area contributed by atoms with Crippen molar-refractivity contribution in [2.24, 2.45) is 0 Å². The first kappa shape index (κ1) is 33.2. The van der Waals surface area contributed by atoms with Crippen molar-refractivity contribution in [2.45, 2.75) is 19.3 Å². The van der Waals surface area contributed by atoms with Crippen molar-refractivity contribution in [2.75, 3.05) is 0 Å². The van der Waals surface area contributed by atoms with E-state index in [4.69, 9.17) is 23.8 Å². The molecule has 282 valence electrons. The van der Waals surface area contributed by atoms with Gasteiger partial charge in [-0.25, -0.2) is 4.98 Å². The van der Waals surface area contributed by atoms with Crippen molar-refractivity contribution in [1.29, 1.82) is 0 Å². The summed E-state index contributed by atoms with van der Waals surface area (Å²) in [6.45, 7) is 4.65. The number of rotatable bonds is 4. The molecule has 0 fully saturated rings. The molecule has 13 rings (SSSR count). The summed E-state index contributed by atoms with van der Waals surface area (Å²) in [4.78, 5) is 15.9. The maximum atomic E-state index is 6.59. The lowest BCUT2D eigenvalue weighted by molar-refractivity contribution is 0.661. The lowest BCUT2D eigenvalue weighted by Gasteiger charge is -2.21. The molecule has 1 aliphatic carbocycles. The van der Waals surface area contributed by atoms with Crippen molar-refractivity contribution < 1.29 is 8.83 Å². The van der Waals surface area contributed by atoms with E-state index < -0.39 is 0 Å². The van der Waals surface area contributed by atoms with Crippen LogP contribution in [-0.2, 0) is 5.41 Å². The molecule has 0 atom stereocenters. The van der Waals surface area contributed by atoms with Gasteiger partial charge in [0.25, 0.3) is 0 Å². The molecule has 0 unspecified atom stereocenters. The summed E-state index contributed by atoms with van der Waals surface area (Å²) in [5.74, 6) is 1.63. The number of hydrogen-bond donors (Lipinski definition) is 0. The monoisotopic (exact) mass is 770 g/mol. The van der Waals surface area contributed by atoms with E-state index in [9.17, 15) is 0 Å². The molecular formula is C54H34N4O2. The Morgan fingerprint density at radius 3 is 1.88 bits per heavy atom. The molecule has 0 bridgehead atoms. The summed E-state index contributed by atoms with van der Waals surface area (Å²) in [6.07, 6.45) is 0. The summed E-state index contributed by atoms with van der Waals surface area (Å²) in [7, 11) is 0. The minimum atomic E-state index is -0.136. The van der Waals surface area contributed by atoms with Crippen molar-refractivity contribution in [1.82, 2.24) is 19.5 Å². The van der Waals surface area contributed by atoms with Gasteiger partial charge >= 0.3 is 0 Å². The van der Waals surface area contributed by atoms with Crippen LogP contribution >= 0.6 is 0 Å². The second kappa shape index (κ2) is 12.1. The topological polar surface area (TPSA) is 69.9 Å². The molecule has 0 N–H and O–H groups in total. The number of para-hydroxylation sites is 2. The molecule has 4 heterocycles. The Morgan fingerprint density at radius 1 is 0.417 bits per heavy atom. The van der Waals surface area contributed by atoms with Crippen LogP contribution < -0.4 is 0 Å². The van der Waals surface area contributed by atoms with Crippen molar-refractivity contribution in [3.05, 3.63) is 181 Å². The van der Waals surface area contributed by atoms with Gasteiger partial charge in [-0.2, -0.15) is 9.97 Å². The number of benzene rings is 8. The average molecular weight is 771 g/mol. The molecule has 8 aromatic carbocycles. The predicted molar refractivity (Wildman–Crippen MR) is 243 cm³/mol. The Kier molecular flexibility index (Phi) is 6.69. The first-order valence-electron chi connectivity index (χ1n) is 20.4. The zero-order valence-corrected chi connectivity index (χ0v) is 32.8. The number of aromatic nitrogens is 4. The second-order valence-corrected chi connectivity index (χ2v) is 16.4. The van der Waals surface area contributed by atoms with Crippen LogP contribution in [0.3, 0.4) is 0 Å². The van der Waals surface area contributed by atoms with Crippen LogP contribution in [0.4, 0.5) is 0 Å². The van der Waals surface area contributed by atoms with Gasteiger partial charge < -0.3 is 8.83 Å². The van der Waals surface area contributed by atoms with Crippen molar-refractivity contribution >= 4 is 65.7 Å². The zero-order valence-electron chi connectivity index (χ0n) is 32.8. The fraction of sp³-hybridized carbons (Fsp3) is 0.0556. The smallest absolute Gasteiger partial charge is 0.238 e. The van der Waals surface area contributed by atoms with E-state index in [1.165, 1.54) is 27.6 Å². The fourth-order valence-corrected chi connectivity index (χ4v) is 9.88. The highest BCUT2D eigenvalue weighted by Crippen LogP contribution is 2.53. The molecule has 0 amide bonds. The van der Waals surface area contributed by atoms with Crippen LogP contribution in [0, 0.1) is 0 Å². The fourth-order valence-electron chi connectivity index (χ4n) is 9.88. The van der Waals surface area contributed by atoms with Gasteiger partial charge in [0, 0.05) is 48.9 Å². The summed E-state index contributed by atoms with van der Waals surface area (Å²) < 4.78 is 15.2. The van der Waals surface area contributed by atoms with E-state index in [1.807, 2.05) is 36.4 Å². The third kappa shape index (κ3) is 4.61. The lowest BCUT2D eigenvalue weighted by Crippen LogP contribution is -2.14. The largest absolute Gasteiger partial charge is 0.456 e. The third-order valence-corrected chi connectivity index (χ3v) is 12.7. The van der Waals surface area contributed by atoms with E-state index in [0.29, 0.717) is 17.6 Å². The van der Waals surface area contributed by atoms with Gasteiger partial charge in [-0.1, -0.05) is 135 Å². The van der Waals surface area contributed by atoms with E-state index in [0.717, 1.165) is 82.6 Å². The SMILES string of the molecule is CC1(C)c2ccccc2-c2c1ccc1c2c2ccccc2n1-c1nc(-c2ccc3c(c2)oc2ccccc23)nc(-c2ccc3c(c2)oc2cccc(-c4ccccc4)c23)n1. The summed E-state index contributed by atoms with van der Waals surface area (Å²) in [6, 6.07) is 59.3. The molecule has 0 saturated heterocycles. The van der Waals surface area contributed by atoms with Gasteiger partial charge in [0.1, 0.15) is 22.3 Å². The molecule has 0 saturated carbocycles. The van der Waals surface area contributed by atoms with Gasteiger partial charge in [-0.05, 0) is 81.9 Å². The minimum Gasteiger partial charge on any atom is -0.456 e. The van der Waals surface area contributed by atoms with E-state index in [-0.39, 0.29) is 5.41 Å². The van der Waals surface area contributed by atoms with Crippen LogP contribution in [0.25, 0.3) is 117 Å². The van der Waals surface area contributed by atoms with Gasteiger partial charge in [0.05, 0.1) is 11.0 Å². The Labute approximate surface area is 344 Å². The molecule has 1 aliphatic rings. The molecule has 12 aromatic rings. The Hall–Kier alpha value is -7.83. The molecule has 60 heavy (non-hydrogen) atoms. The molecule has 6 heteroatoms. The zero-order chi connectivity index (χ0) is 39.7. The molecular weight excluding hydrogens is 737 g/mol. The number of furan rings is 2. The second-order valence-electron chi connectivity index (χ2n) is 16.4. The van der Waals surface area contributed by atoms with Crippen LogP contribution in [0.2, 0.25) is 0 Å². The van der Waals surface area contributed by atoms with Crippen LogP contribution in [0.15, 0.2) is 179 Å². The molecule has 0 radical (unpaired) electrons. The number of hydrogen-bond acceptors (Lipinski definition) is 5. The van der Waals surface area contributed by atoms with E-state index in [1.54, 1.807) is 0 Å². The molecule has 0 spiro atoms.